The van der Waals surface area contributed by atoms with E-state index in [0.717, 1.165) is 5.56 Å². The van der Waals surface area contributed by atoms with Gasteiger partial charge in [0.25, 0.3) is 5.91 Å². The fourth-order valence-electron chi connectivity index (χ4n) is 2.02. The fourth-order valence-corrected chi connectivity index (χ4v) is 2.77. The molecular formula is C16H14Cl3NO. The molecule has 0 aliphatic rings. The minimum Gasteiger partial charge on any atom is -0.348 e. The van der Waals surface area contributed by atoms with Gasteiger partial charge in [0.1, 0.15) is 0 Å². The molecule has 2 aromatic carbocycles. The van der Waals surface area contributed by atoms with Gasteiger partial charge in [-0.05, 0) is 24.1 Å². The number of alkyl halides is 1. The molecule has 0 heterocycles. The second-order valence-corrected chi connectivity index (χ2v) is 5.73. The maximum absolute atomic E-state index is 12.3. The summed E-state index contributed by atoms with van der Waals surface area (Å²) in [6.07, 6.45) is 0.651. The number of amides is 1. The minimum atomic E-state index is -0.313. The van der Waals surface area contributed by atoms with Crippen LogP contribution in [0, 0.1) is 0 Å². The Morgan fingerprint density at radius 1 is 1.00 bits per heavy atom. The molecule has 2 rings (SSSR count). The lowest BCUT2D eigenvalue weighted by atomic mass is 10.1. The summed E-state index contributed by atoms with van der Waals surface area (Å²) in [7, 11) is 0. The van der Waals surface area contributed by atoms with Gasteiger partial charge in [0, 0.05) is 11.9 Å². The van der Waals surface area contributed by atoms with Crippen molar-refractivity contribution in [2.24, 2.45) is 0 Å². The van der Waals surface area contributed by atoms with Gasteiger partial charge >= 0.3 is 0 Å². The molecule has 2 aromatic rings. The molecule has 0 aromatic heterocycles. The molecule has 1 N–H and O–H groups in total. The second kappa shape index (κ2) is 7.69. The van der Waals surface area contributed by atoms with E-state index in [9.17, 15) is 4.79 Å². The number of nitrogens with one attached hydrogen (secondary N) is 1. The van der Waals surface area contributed by atoms with Crippen molar-refractivity contribution < 1.29 is 4.79 Å². The van der Waals surface area contributed by atoms with Crippen molar-refractivity contribution in [3.63, 3.8) is 0 Å². The lowest BCUT2D eigenvalue weighted by molar-refractivity contribution is 0.0941. The summed E-state index contributed by atoms with van der Waals surface area (Å²) in [5.74, 6) is -0.00456. The third kappa shape index (κ3) is 4.37. The first-order valence-electron chi connectivity index (χ1n) is 6.46. The molecule has 0 saturated carbocycles. The van der Waals surface area contributed by atoms with E-state index in [1.807, 2.05) is 30.3 Å². The number of rotatable bonds is 5. The summed E-state index contributed by atoms with van der Waals surface area (Å²) in [6.45, 7) is 0. The summed E-state index contributed by atoms with van der Waals surface area (Å²) in [4.78, 5) is 12.3. The molecule has 0 spiro atoms. The molecule has 1 amide bonds. The molecule has 0 aliphatic carbocycles. The number of carbonyl (C=O) groups excluding carboxylic acids is 1. The smallest absolute Gasteiger partial charge is 0.254 e. The average molecular weight is 343 g/mol. The monoisotopic (exact) mass is 341 g/mol. The largest absolute Gasteiger partial charge is 0.348 e. The number of hydrogen-bond acceptors (Lipinski definition) is 1. The molecule has 5 heteroatoms. The summed E-state index contributed by atoms with van der Waals surface area (Å²) in [5, 5.41) is 3.53. The van der Waals surface area contributed by atoms with Crippen molar-refractivity contribution >= 4 is 40.7 Å². The van der Waals surface area contributed by atoms with Crippen LogP contribution in [0.4, 0.5) is 0 Å². The number of hydrogen-bond donors (Lipinski definition) is 1. The maximum atomic E-state index is 12.3. The molecule has 0 fully saturated rings. The number of halogens is 3. The zero-order valence-corrected chi connectivity index (χ0v) is 13.4. The van der Waals surface area contributed by atoms with Crippen molar-refractivity contribution in [1.82, 2.24) is 5.32 Å². The van der Waals surface area contributed by atoms with Gasteiger partial charge in [-0.25, -0.2) is 0 Å². The van der Waals surface area contributed by atoms with Gasteiger partial charge in [0.05, 0.1) is 15.6 Å². The van der Waals surface area contributed by atoms with Gasteiger partial charge in [-0.2, -0.15) is 0 Å². The molecule has 21 heavy (non-hydrogen) atoms. The van der Waals surface area contributed by atoms with Crippen LogP contribution in [0.25, 0.3) is 0 Å². The molecule has 1 atom stereocenters. The van der Waals surface area contributed by atoms with Crippen LogP contribution in [0.15, 0.2) is 48.5 Å². The summed E-state index contributed by atoms with van der Waals surface area (Å²) in [5.41, 5.74) is 1.39. The SMILES string of the molecule is O=C(NC(CCl)Cc1ccccc1)c1c(Cl)cccc1Cl. The molecular weight excluding hydrogens is 329 g/mol. The van der Waals surface area contributed by atoms with Crippen LogP contribution in [-0.2, 0) is 6.42 Å². The molecule has 0 bridgehead atoms. The molecule has 2 nitrogen and oxygen atoms in total. The third-order valence-corrected chi connectivity index (χ3v) is 4.04. The quantitative estimate of drug-likeness (QED) is 0.792. The Balaban J connectivity index is 2.10. The van der Waals surface area contributed by atoms with Crippen LogP contribution in [0.5, 0.6) is 0 Å². The van der Waals surface area contributed by atoms with Gasteiger partial charge in [0.2, 0.25) is 0 Å². The van der Waals surface area contributed by atoms with E-state index in [4.69, 9.17) is 34.8 Å². The van der Waals surface area contributed by atoms with Gasteiger partial charge in [0.15, 0.2) is 0 Å². The van der Waals surface area contributed by atoms with Crippen LogP contribution in [0.2, 0.25) is 10.0 Å². The zero-order valence-electron chi connectivity index (χ0n) is 11.2. The molecule has 0 radical (unpaired) electrons. The van der Waals surface area contributed by atoms with E-state index in [1.54, 1.807) is 18.2 Å². The highest BCUT2D eigenvalue weighted by Crippen LogP contribution is 2.24. The van der Waals surface area contributed by atoms with E-state index < -0.39 is 0 Å². The Kier molecular flexibility index (Phi) is 5.92. The number of carbonyl (C=O) groups is 1. The first-order chi connectivity index (χ1) is 10.1. The topological polar surface area (TPSA) is 29.1 Å². The summed E-state index contributed by atoms with van der Waals surface area (Å²) >= 11 is 18.0. The normalized spacial score (nSPS) is 12.0. The Labute approximate surface area is 139 Å². The van der Waals surface area contributed by atoms with Crippen LogP contribution in [-0.4, -0.2) is 17.8 Å². The molecule has 0 aliphatic heterocycles. The molecule has 0 saturated heterocycles. The Morgan fingerprint density at radius 3 is 2.19 bits per heavy atom. The lowest BCUT2D eigenvalue weighted by Gasteiger charge is -2.17. The first kappa shape index (κ1) is 16.2. The molecule has 1 unspecified atom stereocenters. The van der Waals surface area contributed by atoms with E-state index >= 15 is 0 Å². The number of benzene rings is 2. The predicted octanol–water partition coefficient (Wildman–Crippen LogP) is 4.57. The van der Waals surface area contributed by atoms with Gasteiger partial charge in [-0.15, -0.1) is 11.6 Å². The Bertz CT molecular complexity index is 596. The highest BCUT2D eigenvalue weighted by Gasteiger charge is 2.18. The highest BCUT2D eigenvalue weighted by atomic mass is 35.5. The third-order valence-electron chi connectivity index (χ3n) is 3.04. The molecule has 110 valence electrons. The Hall–Kier alpha value is -1.22. The lowest BCUT2D eigenvalue weighted by Crippen LogP contribution is -2.38. The summed E-state index contributed by atoms with van der Waals surface area (Å²) in [6, 6.07) is 14.6. The predicted molar refractivity (Wildman–Crippen MR) is 88.6 cm³/mol. The van der Waals surface area contributed by atoms with Crippen LogP contribution in [0.3, 0.4) is 0 Å². The van der Waals surface area contributed by atoms with Crippen molar-refractivity contribution in [3.8, 4) is 0 Å². The van der Waals surface area contributed by atoms with E-state index in [-0.39, 0.29) is 17.5 Å². The van der Waals surface area contributed by atoms with Crippen LogP contribution < -0.4 is 5.32 Å². The summed E-state index contributed by atoms with van der Waals surface area (Å²) < 4.78 is 0. The second-order valence-electron chi connectivity index (χ2n) is 4.61. The van der Waals surface area contributed by atoms with Crippen molar-refractivity contribution in [1.29, 1.82) is 0 Å². The van der Waals surface area contributed by atoms with Crippen molar-refractivity contribution in [2.75, 3.05) is 5.88 Å². The van der Waals surface area contributed by atoms with E-state index in [0.29, 0.717) is 22.3 Å². The minimum absolute atomic E-state index is 0.186. The van der Waals surface area contributed by atoms with Crippen molar-refractivity contribution in [2.45, 2.75) is 12.5 Å². The maximum Gasteiger partial charge on any atom is 0.254 e. The van der Waals surface area contributed by atoms with Crippen LogP contribution in [0.1, 0.15) is 15.9 Å². The standard InChI is InChI=1S/C16H14Cl3NO/c17-10-12(9-11-5-2-1-3-6-11)20-16(21)15-13(18)7-4-8-14(15)19/h1-8,12H,9-10H2,(H,20,21). The average Bonchev–Trinajstić information content (AvgIpc) is 2.47. The van der Waals surface area contributed by atoms with Crippen molar-refractivity contribution in [3.05, 3.63) is 69.7 Å². The zero-order chi connectivity index (χ0) is 15.2. The first-order valence-corrected chi connectivity index (χ1v) is 7.75. The van der Waals surface area contributed by atoms with Gasteiger partial charge in [-0.3, -0.25) is 4.79 Å². The van der Waals surface area contributed by atoms with E-state index in [2.05, 4.69) is 5.32 Å². The Morgan fingerprint density at radius 2 is 1.62 bits per heavy atom. The van der Waals surface area contributed by atoms with E-state index in [1.165, 1.54) is 0 Å². The van der Waals surface area contributed by atoms with Crippen LogP contribution >= 0.6 is 34.8 Å². The highest BCUT2D eigenvalue weighted by molar-refractivity contribution is 6.39. The fraction of sp³-hybridized carbons (Fsp3) is 0.188. The van der Waals surface area contributed by atoms with Gasteiger partial charge in [-0.1, -0.05) is 59.6 Å². The van der Waals surface area contributed by atoms with Gasteiger partial charge < -0.3 is 5.32 Å².